The molecule has 0 aliphatic carbocycles. The number of hydrogen-bond acceptors (Lipinski definition) is 6. The van der Waals surface area contributed by atoms with Crippen LogP contribution in [-0.2, 0) is 4.79 Å². The molecule has 2 aromatic rings. The second-order valence-electron chi connectivity index (χ2n) is 5.08. The van der Waals surface area contributed by atoms with Gasteiger partial charge < -0.3 is 14.8 Å². The van der Waals surface area contributed by atoms with Crippen LogP contribution in [0.1, 0.15) is 17.3 Å². The second-order valence-corrected chi connectivity index (χ2v) is 5.08. The maximum atomic E-state index is 12.2. The van der Waals surface area contributed by atoms with Gasteiger partial charge in [-0.25, -0.2) is 0 Å². The number of hydrogen-bond donors (Lipinski definition) is 1. The van der Waals surface area contributed by atoms with E-state index < -0.39 is 16.9 Å². The van der Waals surface area contributed by atoms with Crippen molar-refractivity contribution in [1.82, 2.24) is 0 Å². The van der Waals surface area contributed by atoms with Crippen LogP contribution in [0.4, 0.5) is 11.4 Å². The van der Waals surface area contributed by atoms with E-state index in [0.29, 0.717) is 17.7 Å². The highest BCUT2D eigenvalue weighted by atomic mass is 16.6. The number of nitrogens with one attached hydrogen (secondary N) is 1. The molecule has 1 amide bonds. The number of ether oxygens (including phenoxy) is 2. The molecule has 0 fully saturated rings. The average molecular weight is 344 g/mol. The van der Waals surface area contributed by atoms with E-state index in [9.17, 15) is 19.7 Å². The van der Waals surface area contributed by atoms with Crippen LogP contribution in [0.2, 0.25) is 0 Å². The van der Waals surface area contributed by atoms with Gasteiger partial charge >= 0.3 is 5.69 Å². The average Bonchev–Trinajstić information content (AvgIpc) is 2.62. The highest BCUT2D eigenvalue weighted by Gasteiger charge is 2.21. The SMILES string of the molecule is COc1ccc(NC(=O)[C@@H](C)Oc2ccc(C=O)cc2[N+](=O)[O-])cc1. The van der Waals surface area contributed by atoms with E-state index in [1.165, 1.54) is 26.2 Å². The Kier molecular flexibility index (Phi) is 5.67. The van der Waals surface area contributed by atoms with Crippen molar-refractivity contribution in [2.45, 2.75) is 13.0 Å². The Morgan fingerprint density at radius 1 is 1.24 bits per heavy atom. The lowest BCUT2D eigenvalue weighted by molar-refractivity contribution is -0.386. The largest absolute Gasteiger partial charge is 0.497 e. The third kappa shape index (κ3) is 4.54. The van der Waals surface area contributed by atoms with Crippen molar-refractivity contribution in [1.29, 1.82) is 0 Å². The number of rotatable bonds is 7. The van der Waals surface area contributed by atoms with Crippen LogP contribution < -0.4 is 14.8 Å². The number of anilines is 1. The molecule has 0 spiro atoms. The molecule has 0 unspecified atom stereocenters. The fourth-order valence-electron chi connectivity index (χ4n) is 2.01. The fraction of sp³-hybridized carbons (Fsp3) is 0.176. The third-order valence-electron chi connectivity index (χ3n) is 3.35. The highest BCUT2D eigenvalue weighted by Crippen LogP contribution is 2.28. The lowest BCUT2D eigenvalue weighted by Crippen LogP contribution is -2.30. The number of carbonyl (C=O) groups excluding carboxylic acids is 2. The van der Waals surface area contributed by atoms with E-state index in [2.05, 4.69) is 5.32 Å². The number of benzene rings is 2. The molecule has 0 saturated heterocycles. The molecule has 0 radical (unpaired) electrons. The minimum absolute atomic E-state index is 0.0898. The summed E-state index contributed by atoms with van der Waals surface area (Å²) in [6.45, 7) is 1.47. The molecule has 2 aromatic carbocycles. The molecule has 130 valence electrons. The first-order chi connectivity index (χ1) is 11.9. The summed E-state index contributed by atoms with van der Waals surface area (Å²) in [5.74, 6) is 0.0834. The Balaban J connectivity index is 2.10. The lowest BCUT2D eigenvalue weighted by Gasteiger charge is -2.15. The number of amides is 1. The molecule has 1 N–H and O–H groups in total. The number of aldehydes is 1. The standard InChI is InChI=1S/C17H16N2O6/c1-11(17(21)18-13-4-6-14(24-2)7-5-13)25-16-8-3-12(10-20)9-15(16)19(22)23/h3-11H,1-2H3,(H,18,21)/t11-/m1/s1. The van der Waals surface area contributed by atoms with E-state index in [1.54, 1.807) is 24.3 Å². The molecule has 0 bridgehead atoms. The Bertz CT molecular complexity index is 788. The quantitative estimate of drug-likeness (QED) is 0.470. The number of nitrogens with zero attached hydrogens (tertiary/aromatic N) is 1. The predicted octanol–water partition coefficient (Wildman–Crippen LogP) is 2.82. The number of nitro groups is 1. The van der Waals surface area contributed by atoms with E-state index in [0.717, 1.165) is 6.07 Å². The molecular formula is C17H16N2O6. The number of nitro benzene ring substituents is 1. The Labute approximate surface area is 143 Å². The predicted molar refractivity (Wildman–Crippen MR) is 90.2 cm³/mol. The van der Waals surface area contributed by atoms with Crippen molar-refractivity contribution in [2.24, 2.45) is 0 Å². The van der Waals surface area contributed by atoms with Gasteiger partial charge in [0.2, 0.25) is 0 Å². The molecule has 0 heterocycles. The van der Waals surface area contributed by atoms with Crippen molar-refractivity contribution in [3.05, 3.63) is 58.1 Å². The van der Waals surface area contributed by atoms with Gasteiger partial charge in [-0.3, -0.25) is 19.7 Å². The molecule has 0 saturated carbocycles. The van der Waals surface area contributed by atoms with Gasteiger partial charge in [0.15, 0.2) is 11.9 Å². The van der Waals surface area contributed by atoms with E-state index in [-0.39, 0.29) is 17.0 Å². The van der Waals surface area contributed by atoms with Gasteiger partial charge in [-0.15, -0.1) is 0 Å². The summed E-state index contributed by atoms with van der Waals surface area (Å²) in [5.41, 5.74) is 0.301. The zero-order chi connectivity index (χ0) is 18.4. The van der Waals surface area contributed by atoms with Gasteiger partial charge in [0.25, 0.3) is 5.91 Å². The van der Waals surface area contributed by atoms with Gasteiger partial charge in [-0.2, -0.15) is 0 Å². The lowest BCUT2D eigenvalue weighted by atomic mass is 10.2. The first-order valence-electron chi connectivity index (χ1n) is 7.29. The zero-order valence-electron chi connectivity index (χ0n) is 13.6. The monoisotopic (exact) mass is 344 g/mol. The minimum Gasteiger partial charge on any atom is -0.497 e. The first kappa shape index (κ1) is 17.9. The summed E-state index contributed by atoms with van der Waals surface area (Å²) in [4.78, 5) is 33.3. The van der Waals surface area contributed by atoms with E-state index in [4.69, 9.17) is 9.47 Å². The van der Waals surface area contributed by atoms with Crippen LogP contribution in [0.25, 0.3) is 0 Å². The normalized spacial score (nSPS) is 11.3. The van der Waals surface area contributed by atoms with Gasteiger partial charge in [0, 0.05) is 17.3 Å². The smallest absolute Gasteiger partial charge is 0.311 e. The molecule has 0 aliphatic rings. The Morgan fingerprint density at radius 3 is 2.48 bits per heavy atom. The molecule has 1 atom stereocenters. The minimum atomic E-state index is -0.983. The summed E-state index contributed by atoms with van der Waals surface area (Å²) in [5, 5.41) is 13.7. The third-order valence-corrected chi connectivity index (χ3v) is 3.35. The maximum absolute atomic E-state index is 12.2. The Hall–Kier alpha value is -3.42. The molecule has 0 aliphatic heterocycles. The first-order valence-corrected chi connectivity index (χ1v) is 7.29. The number of methoxy groups -OCH3 is 1. The molecule has 25 heavy (non-hydrogen) atoms. The highest BCUT2D eigenvalue weighted by molar-refractivity contribution is 5.94. The van der Waals surface area contributed by atoms with E-state index >= 15 is 0 Å². The van der Waals surface area contributed by atoms with Gasteiger partial charge in [0.1, 0.15) is 12.0 Å². The van der Waals surface area contributed by atoms with Crippen molar-refractivity contribution in [2.75, 3.05) is 12.4 Å². The van der Waals surface area contributed by atoms with Crippen molar-refractivity contribution in [3.63, 3.8) is 0 Å². The van der Waals surface area contributed by atoms with Crippen LogP contribution >= 0.6 is 0 Å². The molecular weight excluding hydrogens is 328 g/mol. The van der Waals surface area contributed by atoms with Crippen molar-refractivity contribution >= 4 is 23.6 Å². The maximum Gasteiger partial charge on any atom is 0.311 e. The zero-order valence-corrected chi connectivity index (χ0v) is 13.6. The van der Waals surface area contributed by atoms with Crippen LogP contribution in [0.5, 0.6) is 11.5 Å². The summed E-state index contributed by atoms with van der Waals surface area (Å²) in [6.07, 6.45) is -0.487. The molecule has 8 heteroatoms. The van der Waals surface area contributed by atoms with Gasteiger partial charge in [0.05, 0.1) is 12.0 Å². The summed E-state index contributed by atoms with van der Waals surface area (Å²) >= 11 is 0. The van der Waals surface area contributed by atoms with Gasteiger partial charge in [-0.05, 0) is 43.3 Å². The molecule has 2 rings (SSSR count). The van der Waals surface area contributed by atoms with E-state index in [1.807, 2.05) is 0 Å². The van der Waals surface area contributed by atoms with Crippen LogP contribution in [0.3, 0.4) is 0 Å². The molecule has 8 nitrogen and oxygen atoms in total. The summed E-state index contributed by atoms with van der Waals surface area (Å²) in [6, 6.07) is 10.4. The van der Waals surface area contributed by atoms with Crippen LogP contribution in [-0.4, -0.2) is 30.3 Å². The summed E-state index contributed by atoms with van der Waals surface area (Å²) < 4.78 is 10.4. The van der Waals surface area contributed by atoms with Crippen molar-refractivity contribution < 1.29 is 24.0 Å². The Morgan fingerprint density at radius 2 is 1.92 bits per heavy atom. The topological polar surface area (TPSA) is 108 Å². The second kappa shape index (κ2) is 7.91. The van der Waals surface area contributed by atoms with Crippen LogP contribution in [0, 0.1) is 10.1 Å². The van der Waals surface area contributed by atoms with Crippen molar-refractivity contribution in [3.8, 4) is 11.5 Å². The van der Waals surface area contributed by atoms with Crippen LogP contribution in [0.15, 0.2) is 42.5 Å². The van der Waals surface area contributed by atoms with Gasteiger partial charge in [-0.1, -0.05) is 0 Å². The fourth-order valence-corrected chi connectivity index (χ4v) is 2.01. The molecule has 0 aromatic heterocycles. The summed E-state index contributed by atoms with van der Waals surface area (Å²) in [7, 11) is 1.53. The number of carbonyl (C=O) groups is 2.